The van der Waals surface area contributed by atoms with Crippen LogP contribution in [0, 0.1) is 0 Å². The number of aromatic nitrogens is 2. The van der Waals surface area contributed by atoms with Crippen LogP contribution in [-0.4, -0.2) is 82.3 Å². The first-order valence-corrected chi connectivity index (χ1v) is 13.1. The van der Waals surface area contributed by atoms with Crippen molar-refractivity contribution in [1.29, 1.82) is 0 Å². The lowest BCUT2D eigenvalue weighted by molar-refractivity contribution is -0.126. The number of amides is 3. The minimum atomic E-state index is -0.885. The zero-order valence-electron chi connectivity index (χ0n) is 20.2. The molecule has 2 aliphatic rings. The number of morpholine rings is 1. The molecule has 1 unspecified atom stereocenters. The Balaban J connectivity index is 1.63. The molecular weight excluding hydrogens is 482 g/mol. The van der Waals surface area contributed by atoms with Crippen molar-refractivity contribution in [3.05, 3.63) is 40.7 Å². The summed E-state index contributed by atoms with van der Waals surface area (Å²) in [6.07, 6.45) is 7.83. The largest absolute Gasteiger partial charge is 0.395 e. The van der Waals surface area contributed by atoms with E-state index in [4.69, 9.17) is 16.2 Å². The summed E-state index contributed by atoms with van der Waals surface area (Å²) in [7, 11) is 0. The topological polar surface area (TPSA) is 157 Å². The standard InChI is InChI=1S/C24H33N7O4S/c25-18-19(22(26)32)29-36-21(18)24(34)31(11-3-10-30-12-14-35-15-13-30)20(16-6-8-27-9-7-16)23(33)28-17-4-1-2-5-17/h6-9,17,20H,1-5,10-15,25H2,(H2,26,32)(H,28,33). The molecule has 1 atom stereocenters. The van der Waals surface area contributed by atoms with Gasteiger partial charge in [-0.15, -0.1) is 0 Å². The third-order valence-electron chi connectivity index (χ3n) is 6.68. The van der Waals surface area contributed by atoms with Crippen LogP contribution in [0.4, 0.5) is 5.69 Å². The number of carbonyl (C=O) groups excluding carboxylic acids is 3. The van der Waals surface area contributed by atoms with Gasteiger partial charge in [0.05, 0.1) is 18.9 Å². The number of primary amides is 1. The Kier molecular flexibility index (Phi) is 8.83. The maximum absolute atomic E-state index is 13.9. The quantitative estimate of drug-likeness (QED) is 0.426. The Labute approximate surface area is 214 Å². The van der Waals surface area contributed by atoms with Crippen LogP contribution in [0.3, 0.4) is 0 Å². The summed E-state index contributed by atoms with van der Waals surface area (Å²) >= 11 is 0.822. The Morgan fingerprint density at radius 3 is 2.53 bits per heavy atom. The highest BCUT2D eigenvalue weighted by atomic mass is 32.1. The van der Waals surface area contributed by atoms with Crippen molar-refractivity contribution in [1.82, 2.24) is 24.5 Å². The van der Waals surface area contributed by atoms with E-state index in [0.717, 1.165) is 56.9 Å². The van der Waals surface area contributed by atoms with E-state index in [2.05, 4.69) is 19.6 Å². The highest BCUT2D eigenvalue weighted by molar-refractivity contribution is 7.09. The molecule has 4 rings (SSSR count). The summed E-state index contributed by atoms with van der Waals surface area (Å²) in [6, 6.07) is 2.68. The summed E-state index contributed by atoms with van der Waals surface area (Å²) in [5, 5.41) is 3.14. The molecule has 2 aromatic rings. The molecule has 0 spiro atoms. The molecule has 194 valence electrons. The number of nitrogens with zero attached hydrogens (tertiary/aromatic N) is 4. The number of anilines is 1. The van der Waals surface area contributed by atoms with Crippen molar-refractivity contribution >= 4 is 34.9 Å². The Hall–Kier alpha value is -3.09. The predicted molar refractivity (Wildman–Crippen MR) is 135 cm³/mol. The van der Waals surface area contributed by atoms with Gasteiger partial charge in [0.25, 0.3) is 11.8 Å². The molecule has 1 aliphatic carbocycles. The van der Waals surface area contributed by atoms with Gasteiger partial charge >= 0.3 is 0 Å². The molecule has 0 bridgehead atoms. The molecule has 0 radical (unpaired) electrons. The second-order valence-electron chi connectivity index (χ2n) is 9.12. The van der Waals surface area contributed by atoms with Crippen LogP contribution >= 0.6 is 11.5 Å². The molecule has 1 saturated heterocycles. The van der Waals surface area contributed by atoms with E-state index in [1.165, 1.54) is 4.90 Å². The molecule has 5 N–H and O–H groups in total. The molecule has 1 saturated carbocycles. The smallest absolute Gasteiger partial charge is 0.270 e. The first-order valence-electron chi connectivity index (χ1n) is 12.3. The first kappa shape index (κ1) is 26.0. The molecular formula is C24H33N7O4S. The van der Waals surface area contributed by atoms with Gasteiger partial charge in [-0.3, -0.25) is 24.3 Å². The fraction of sp³-hybridized carbons (Fsp3) is 0.542. The fourth-order valence-corrected chi connectivity index (χ4v) is 5.53. The molecule has 12 heteroatoms. The second kappa shape index (κ2) is 12.2. The van der Waals surface area contributed by atoms with Crippen LogP contribution in [0.15, 0.2) is 24.5 Å². The number of rotatable bonds is 10. The Morgan fingerprint density at radius 1 is 1.19 bits per heavy atom. The molecule has 0 aromatic carbocycles. The number of nitrogen functional groups attached to an aromatic ring is 1. The van der Waals surface area contributed by atoms with Gasteiger partial charge in [-0.05, 0) is 48.5 Å². The summed E-state index contributed by atoms with van der Waals surface area (Å²) in [5.41, 5.74) is 11.9. The maximum Gasteiger partial charge on any atom is 0.270 e. The van der Waals surface area contributed by atoms with Crippen LogP contribution in [0.5, 0.6) is 0 Å². The van der Waals surface area contributed by atoms with Crippen molar-refractivity contribution in [2.75, 3.05) is 45.1 Å². The van der Waals surface area contributed by atoms with E-state index in [-0.39, 0.29) is 28.2 Å². The number of ether oxygens (including phenoxy) is 1. The van der Waals surface area contributed by atoms with Crippen LogP contribution in [0.25, 0.3) is 0 Å². The van der Waals surface area contributed by atoms with Gasteiger partial charge in [0.15, 0.2) is 5.69 Å². The number of nitrogens with one attached hydrogen (secondary N) is 1. The molecule has 2 fully saturated rings. The van der Waals surface area contributed by atoms with Gasteiger partial charge in [-0.25, -0.2) is 0 Å². The van der Waals surface area contributed by atoms with Gasteiger partial charge in [0.2, 0.25) is 5.91 Å². The van der Waals surface area contributed by atoms with E-state index in [9.17, 15) is 14.4 Å². The molecule has 3 amide bonds. The van der Waals surface area contributed by atoms with Crippen molar-refractivity contribution in [2.24, 2.45) is 5.73 Å². The third kappa shape index (κ3) is 6.18. The minimum absolute atomic E-state index is 0.0552. The average molecular weight is 516 g/mol. The van der Waals surface area contributed by atoms with Crippen molar-refractivity contribution in [2.45, 2.75) is 44.2 Å². The lowest BCUT2D eigenvalue weighted by atomic mass is 10.0. The lowest BCUT2D eigenvalue weighted by Crippen LogP contribution is -2.47. The average Bonchev–Trinajstić information content (AvgIpc) is 3.53. The SMILES string of the molecule is NC(=O)c1nsc(C(=O)N(CCCN2CCOCC2)C(C(=O)NC2CCCC2)c2ccncc2)c1N. The van der Waals surface area contributed by atoms with Gasteiger partial charge in [-0.2, -0.15) is 4.37 Å². The normalized spacial score (nSPS) is 17.6. The lowest BCUT2D eigenvalue weighted by Gasteiger charge is -2.33. The van der Waals surface area contributed by atoms with Gasteiger partial charge in [-0.1, -0.05) is 12.8 Å². The number of hydrogen-bond donors (Lipinski definition) is 3. The molecule has 36 heavy (non-hydrogen) atoms. The number of carbonyl (C=O) groups is 3. The maximum atomic E-state index is 13.9. The van der Waals surface area contributed by atoms with Crippen LogP contribution in [0.1, 0.15) is 63.9 Å². The molecule has 2 aromatic heterocycles. The summed E-state index contributed by atoms with van der Waals surface area (Å²) < 4.78 is 9.42. The van der Waals surface area contributed by atoms with Crippen LogP contribution in [0.2, 0.25) is 0 Å². The summed E-state index contributed by atoms with van der Waals surface area (Å²) in [4.78, 5) is 47.2. The zero-order valence-corrected chi connectivity index (χ0v) is 21.0. The monoisotopic (exact) mass is 515 g/mol. The zero-order chi connectivity index (χ0) is 25.5. The summed E-state index contributed by atoms with van der Waals surface area (Å²) in [5.74, 6) is -1.50. The van der Waals surface area contributed by atoms with Crippen molar-refractivity contribution < 1.29 is 19.1 Å². The molecule has 1 aliphatic heterocycles. The van der Waals surface area contributed by atoms with Crippen LogP contribution in [-0.2, 0) is 9.53 Å². The highest BCUT2D eigenvalue weighted by Gasteiger charge is 2.35. The van der Waals surface area contributed by atoms with Crippen LogP contribution < -0.4 is 16.8 Å². The van der Waals surface area contributed by atoms with E-state index >= 15 is 0 Å². The van der Waals surface area contributed by atoms with E-state index < -0.39 is 17.9 Å². The van der Waals surface area contributed by atoms with Gasteiger partial charge in [0.1, 0.15) is 10.9 Å². The van der Waals surface area contributed by atoms with E-state index in [1.54, 1.807) is 24.5 Å². The number of pyridine rings is 1. The van der Waals surface area contributed by atoms with Gasteiger partial charge < -0.3 is 26.4 Å². The number of hydrogen-bond acceptors (Lipinski definition) is 9. The summed E-state index contributed by atoms with van der Waals surface area (Å²) in [6.45, 7) is 4.08. The molecule has 11 nitrogen and oxygen atoms in total. The fourth-order valence-electron chi connectivity index (χ4n) is 4.77. The van der Waals surface area contributed by atoms with Crippen molar-refractivity contribution in [3.8, 4) is 0 Å². The first-order chi connectivity index (χ1) is 17.5. The number of nitrogens with two attached hydrogens (primary N) is 2. The van der Waals surface area contributed by atoms with Gasteiger partial charge in [0, 0.05) is 44.6 Å². The van der Waals surface area contributed by atoms with E-state index in [0.29, 0.717) is 31.7 Å². The predicted octanol–water partition coefficient (Wildman–Crippen LogP) is 1.18. The second-order valence-corrected chi connectivity index (χ2v) is 9.89. The highest BCUT2D eigenvalue weighted by Crippen LogP contribution is 2.29. The van der Waals surface area contributed by atoms with Crippen molar-refractivity contribution in [3.63, 3.8) is 0 Å². The third-order valence-corrected chi connectivity index (χ3v) is 7.53. The van der Waals surface area contributed by atoms with E-state index in [1.807, 2.05) is 0 Å². The molecule has 3 heterocycles. The minimum Gasteiger partial charge on any atom is -0.395 e. The Bertz CT molecular complexity index is 1050. The Morgan fingerprint density at radius 2 is 1.89 bits per heavy atom.